The van der Waals surface area contributed by atoms with Crippen molar-refractivity contribution in [3.8, 4) is 0 Å². The first-order valence-electron chi connectivity index (χ1n) is 5.43. The van der Waals surface area contributed by atoms with Gasteiger partial charge in [-0.05, 0) is 56.1 Å². The summed E-state index contributed by atoms with van der Waals surface area (Å²) in [6.45, 7) is 0. The van der Waals surface area contributed by atoms with E-state index in [1.165, 1.54) is 6.07 Å². The highest BCUT2D eigenvalue weighted by atomic mass is 79.9. The zero-order valence-corrected chi connectivity index (χ0v) is 14.9. The zero-order valence-electron chi connectivity index (χ0n) is 10.2. The van der Waals surface area contributed by atoms with Gasteiger partial charge >= 0.3 is 0 Å². The van der Waals surface area contributed by atoms with Crippen molar-refractivity contribution in [2.24, 2.45) is 0 Å². The van der Waals surface area contributed by atoms with Crippen LogP contribution in [0.5, 0.6) is 0 Å². The van der Waals surface area contributed by atoms with E-state index in [9.17, 15) is 12.8 Å². The van der Waals surface area contributed by atoms with Crippen LogP contribution in [0.25, 0.3) is 0 Å². The molecule has 0 bridgehead atoms. The van der Waals surface area contributed by atoms with E-state index in [0.29, 0.717) is 9.50 Å². The molecule has 0 saturated carbocycles. The lowest BCUT2D eigenvalue weighted by Crippen LogP contribution is -2.15. The SMILES string of the molecule is Nc1cc(F)c(Br)cc1S(=O)(=O)Nc1cccc(Cl)c1Br. The summed E-state index contributed by atoms with van der Waals surface area (Å²) in [5, 5.41) is 0.350. The van der Waals surface area contributed by atoms with Gasteiger partial charge in [0, 0.05) is 0 Å². The van der Waals surface area contributed by atoms with E-state index < -0.39 is 15.8 Å². The molecule has 0 aliphatic rings. The average Bonchev–Trinajstić information content (AvgIpc) is 2.39. The number of halogens is 4. The Morgan fingerprint density at radius 1 is 1.24 bits per heavy atom. The maximum Gasteiger partial charge on any atom is 0.264 e. The average molecular weight is 459 g/mol. The molecule has 0 heterocycles. The molecule has 2 rings (SSSR count). The minimum atomic E-state index is -3.98. The van der Waals surface area contributed by atoms with Crippen LogP contribution in [0.4, 0.5) is 15.8 Å². The second-order valence-electron chi connectivity index (χ2n) is 4.01. The molecule has 3 N–H and O–H groups in total. The van der Waals surface area contributed by atoms with E-state index in [1.54, 1.807) is 12.1 Å². The standard InChI is InChI=1S/C12H8Br2ClFN2O2S/c13-6-4-11(9(17)5-8(6)16)21(19,20)18-10-3-1-2-7(15)12(10)14/h1-5,18H,17H2. The third kappa shape index (κ3) is 3.50. The highest BCUT2D eigenvalue weighted by Gasteiger charge is 2.21. The van der Waals surface area contributed by atoms with Crippen LogP contribution in [0, 0.1) is 5.82 Å². The second-order valence-corrected chi connectivity index (χ2v) is 7.72. The summed E-state index contributed by atoms with van der Waals surface area (Å²) in [5.74, 6) is -0.643. The van der Waals surface area contributed by atoms with Crippen molar-refractivity contribution in [2.45, 2.75) is 4.90 Å². The van der Waals surface area contributed by atoms with Gasteiger partial charge in [-0.1, -0.05) is 17.7 Å². The van der Waals surface area contributed by atoms with Gasteiger partial charge in [0.15, 0.2) is 0 Å². The first-order valence-corrected chi connectivity index (χ1v) is 8.88. The Labute approximate surface area is 142 Å². The quantitative estimate of drug-likeness (QED) is 0.671. The van der Waals surface area contributed by atoms with E-state index >= 15 is 0 Å². The van der Waals surface area contributed by atoms with Crippen LogP contribution in [-0.2, 0) is 10.0 Å². The Balaban J connectivity index is 2.48. The summed E-state index contributed by atoms with van der Waals surface area (Å²) in [6.07, 6.45) is 0. The normalized spacial score (nSPS) is 11.4. The lowest BCUT2D eigenvalue weighted by Gasteiger charge is -2.12. The molecule has 0 amide bonds. The fraction of sp³-hybridized carbons (Fsp3) is 0. The Hall–Kier alpha value is -0.830. The number of sulfonamides is 1. The van der Waals surface area contributed by atoms with Crippen molar-refractivity contribution < 1.29 is 12.8 Å². The topological polar surface area (TPSA) is 72.2 Å². The minimum Gasteiger partial charge on any atom is -0.398 e. The van der Waals surface area contributed by atoms with Crippen molar-refractivity contribution in [2.75, 3.05) is 10.5 Å². The van der Waals surface area contributed by atoms with Gasteiger partial charge in [-0.2, -0.15) is 0 Å². The molecule has 0 atom stereocenters. The van der Waals surface area contributed by atoms with Gasteiger partial charge in [-0.15, -0.1) is 0 Å². The summed E-state index contributed by atoms with van der Waals surface area (Å²) in [4.78, 5) is -0.234. The summed E-state index contributed by atoms with van der Waals surface area (Å²) < 4.78 is 40.8. The number of benzene rings is 2. The number of hydrogen-bond acceptors (Lipinski definition) is 3. The van der Waals surface area contributed by atoms with Crippen LogP contribution in [0.15, 0.2) is 44.2 Å². The number of anilines is 2. The van der Waals surface area contributed by atoms with Crippen LogP contribution >= 0.6 is 43.5 Å². The fourth-order valence-electron chi connectivity index (χ4n) is 1.56. The summed E-state index contributed by atoms with van der Waals surface area (Å²) in [5.41, 5.74) is 5.64. The predicted molar refractivity (Wildman–Crippen MR) is 88.5 cm³/mol. The van der Waals surface area contributed by atoms with Crippen molar-refractivity contribution in [3.05, 3.63) is 50.1 Å². The largest absolute Gasteiger partial charge is 0.398 e. The Morgan fingerprint density at radius 2 is 1.90 bits per heavy atom. The molecule has 0 saturated heterocycles. The highest BCUT2D eigenvalue weighted by molar-refractivity contribution is 9.11. The van der Waals surface area contributed by atoms with Crippen LogP contribution in [-0.4, -0.2) is 8.42 Å². The zero-order chi connectivity index (χ0) is 15.8. The summed E-state index contributed by atoms with van der Waals surface area (Å²) in [6, 6.07) is 6.76. The molecule has 0 aliphatic carbocycles. The molecule has 112 valence electrons. The molecule has 0 aliphatic heterocycles. The highest BCUT2D eigenvalue weighted by Crippen LogP contribution is 2.33. The van der Waals surface area contributed by atoms with E-state index in [4.69, 9.17) is 17.3 Å². The fourth-order valence-corrected chi connectivity index (χ4v) is 3.93. The van der Waals surface area contributed by atoms with E-state index in [1.807, 2.05) is 0 Å². The molecule has 2 aromatic rings. The maximum atomic E-state index is 13.3. The van der Waals surface area contributed by atoms with E-state index in [0.717, 1.165) is 12.1 Å². The van der Waals surface area contributed by atoms with Crippen molar-refractivity contribution in [1.29, 1.82) is 0 Å². The van der Waals surface area contributed by atoms with E-state index in [-0.39, 0.29) is 20.7 Å². The molecule has 0 aromatic heterocycles. The van der Waals surface area contributed by atoms with Gasteiger partial charge in [-0.25, -0.2) is 12.8 Å². The molecular formula is C12H8Br2ClFN2O2S. The molecule has 0 radical (unpaired) electrons. The van der Waals surface area contributed by atoms with Crippen LogP contribution < -0.4 is 10.5 Å². The first kappa shape index (κ1) is 16.5. The Kier molecular flexibility index (Phi) is 4.82. The molecule has 9 heteroatoms. The van der Waals surface area contributed by atoms with Crippen LogP contribution in [0.3, 0.4) is 0 Å². The smallest absolute Gasteiger partial charge is 0.264 e. The lowest BCUT2D eigenvalue weighted by atomic mass is 10.3. The Bertz CT molecular complexity index is 815. The molecule has 0 spiro atoms. The van der Waals surface area contributed by atoms with Gasteiger partial charge in [0.05, 0.1) is 25.3 Å². The van der Waals surface area contributed by atoms with Crippen molar-refractivity contribution in [3.63, 3.8) is 0 Å². The molecule has 2 aromatic carbocycles. The first-order chi connectivity index (χ1) is 9.72. The second kappa shape index (κ2) is 6.12. The molecular weight excluding hydrogens is 450 g/mol. The molecule has 0 fully saturated rings. The lowest BCUT2D eigenvalue weighted by molar-refractivity contribution is 0.599. The van der Waals surface area contributed by atoms with E-state index in [2.05, 4.69) is 36.6 Å². The third-order valence-corrected chi connectivity index (χ3v) is 5.96. The summed E-state index contributed by atoms with van der Waals surface area (Å²) in [7, 11) is -3.98. The van der Waals surface area contributed by atoms with Gasteiger partial charge in [0.2, 0.25) is 0 Å². The van der Waals surface area contributed by atoms with Gasteiger partial charge < -0.3 is 5.73 Å². The molecule has 4 nitrogen and oxygen atoms in total. The van der Waals surface area contributed by atoms with Crippen LogP contribution in [0.2, 0.25) is 5.02 Å². The summed E-state index contributed by atoms with van der Waals surface area (Å²) >= 11 is 12.0. The van der Waals surface area contributed by atoms with Crippen molar-refractivity contribution in [1.82, 2.24) is 0 Å². The minimum absolute atomic E-state index is 0.00207. The molecule has 0 unspecified atom stereocenters. The number of nitrogens with one attached hydrogen (secondary N) is 1. The molecule has 21 heavy (non-hydrogen) atoms. The van der Waals surface area contributed by atoms with Gasteiger partial charge in [0.1, 0.15) is 10.7 Å². The van der Waals surface area contributed by atoms with Gasteiger partial charge in [-0.3, -0.25) is 4.72 Å². The monoisotopic (exact) mass is 456 g/mol. The predicted octanol–water partition coefficient (Wildman–Crippen LogP) is 4.39. The van der Waals surface area contributed by atoms with Crippen molar-refractivity contribution >= 4 is 64.9 Å². The number of nitrogen functional groups attached to an aromatic ring is 1. The van der Waals surface area contributed by atoms with Crippen LogP contribution in [0.1, 0.15) is 0 Å². The van der Waals surface area contributed by atoms with Gasteiger partial charge in [0.25, 0.3) is 10.0 Å². The number of hydrogen-bond donors (Lipinski definition) is 2. The Morgan fingerprint density at radius 3 is 2.57 bits per heavy atom. The maximum absolute atomic E-state index is 13.3. The third-order valence-electron chi connectivity index (χ3n) is 2.54. The number of rotatable bonds is 3. The number of nitrogens with two attached hydrogens (primary N) is 1.